The molecule has 0 saturated carbocycles. The molecule has 0 aromatic carbocycles. The number of carboxylic acids is 1. The van der Waals surface area contributed by atoms with Gasteiger partial charge in [-0.25, -0.2) is 9.78 Å². The minimum Gasteiger partial charge on any atom is -0.478 e. The number of anilines is 1. The number of halogens is 1. The number of nitrogens with zero attached hydrogens (tertiary/aromatic N) is 2. The molecule has 1 N–H and O–H groups in total. The maximum absolute atomic E-state index is 11.1. The van der Waals surface area contributed by atoms with Gasteiger partial charge in [0, 0.05) is 19.7 Å². The number of carbonyl (C=O) groups is 1. The average molecular weight is 301 g/mol. The highest BCUT2D eigenvalue weighted by atomic mass is 35.5. The molecule has 0 fully saturated rings. The third-order valence-electron chi connectivity index (χ3n) is 3.24. The third-order valence-corrected chi connectivity index (χ3v) is 3.43. The zero-order valence-corrected chi connectivity index (χ0v) is 12.9. The minimum atomic E-state index is -1.01. The molecule has 0 spiro atoms. The Labute approximate surface area is 124 Å². The predicted molar refractivity (Wildman–Crippen MR) is 79.8 cm³/mol. The Morgan fingerprint density at radius 2 is 2.10 bits per heavy atom. The van der Waals surface area contributed by atoms with Crippen molar-refractivity contribution in [2.75, 3.05) is 25.2 Å². The van der Waals surface area contributed by atoms with Crippen molar-refractivity contribution < 1.29 is 14.6 Å². The highest BCUT2D eigenvalue weighted by molar-refractivity contribution is 6.29. The largest absolute Gasteiger partial charge is 0.478 e. The number of carboxylic acid groups (broad SMARTS) is 1. The number of aromatic nitrogens is 1. The quantitative estimate of drug-likeness (QED) is 0.748. The van der Waals surface area contributed by atoms with Gasteiger partial charge in [0.05, 0.1) is 12.2 Å². The van der Waals surface area contributed by atoms with E-state index in [9.17, 15) is 4.79 Å². The molecule has 112 valence electrons. The van der Waals surface area contributed by atoms with Crippen molar-refractivity contribution in [2.24, 2.45) is 0 Å². The van der Waals surface area contributed by atoms with Crippen LogP contribution in [0.3, 0.4) is 0 Å². The summed E-state index contributed by atoms with van der Waals surface area (Å²) in [6.07, 6.45) is 1.88. The maximum atomic E-state index is 11.1. The zero-order valence-electron chi connectivity index (χ0n) is 12.1. The molecule has 0 saturated heterocycles. The second-order valence-corrected chi connectivity index (χ2v) is 4.89. The summed E-state index contributed by atoms with van der Waals surface area (Å²) in [5.74, 6) is -0.424. The SMILES string of the molecule is CCC(CC)N(CCOC)c1cc(C(=O)O)cc(Cl)n1. The van der Waals surface area contributed by atoms with E-state index in [-0.39, 0.29) is 16.8 Å². The van der Waals surface area contributed by atoms with Gasteiger partial charge >= 0.3 is 5.97 Å². The zero-order chi connectivity index (χ0) is 15.1. The van der Waals surface area contributed by atoms with Crippen molar-refractivity contribution in [1.82, 2.24) is 4.98 Å². The molecule has 5 nitrogen and oxygen atoms in total. The van der Waals surface area contributed by atoms with Crippen LogP contribution in [0.15, 0.2) is 12.1 Å². The van der Waals surface area contributed by atoms with Crippen LogP contribution in [0.2, 0.25) is 5.15 Å². The number of methoxy groups -OCH3 is 1. The van der Waals surface area contributed by atoms with Crippen LogP contribution >= 0.6 is 11.6 Å². The smallest absolute Gasteiger partial charge is 0.335 e. The summed E-state index contributed by atoms with van der Waals surface area (Å²) >= 11 is 5.93. The number of hydrogen-bond acceptors (Lipinski definition) is 4. The van der Waals surface area contributed by atoms with E-state index in [1.807, 2.05) is 0 Å². The summed E-state index contributed by atoms with van der Waals surface area (Å²) in [6.45, 7) is 5.38. The maximum Gasteiger partial charge on any atom is 0.335 e. The van der Waals surface area contributed by atoms with Gasteiger partial charge in [0.15, 0.2) is 0 Å². The molecule has 0 radical (unpaired) electrons. The van der Waals surface area contributed by atoms with Gasteiger partial charge < -0.3 is 14.7 Å². The van der Waals surface area contributed by atoms with Crippen molar-refractivity contribution in [3.05, 3.63) is 22.8 Å². The number of pyridine rings is 1. The Kier molecular flexibility index (Phi) is 6.75. The van der Waals surface area contributed by atoms with E-state index in [0.29, 0.717) is 19.0 Å². The molecule has 0 aliphatic rings. The Bertz CT molecular complexity index is 450. The molecule has 1 rings (SSSR count). The first-order valence-electron chi connectivity index (χ1n) is 6.69. The van der Waals surface area contributed by atoms with E-state index in [2.05, 4.69) is 23.7 Å². The summed E-state index contributed by atoms with van der Waals surface area (Å²) in [7, 11) is 1.64. The highest BCUT2D eigenvalue weighted by Crippen LogP contribution is 2.22. The van der Waals surface area contributed by atoms with Crippen LogP contribution in [0, 0.1) is 0 Å². The van der Waals surface area contributed by atoms with Crippen LogP contribution in [0.25, 0.3) is 0 Å². The summed E-state index contributed by atoms with van der Waals surface area (Å²) in [4.78, 5) is 17.4. The molecule has 6 heteroatoms. The van der Waals surface area contributed by atoms with Crippen LogP contribution < -0.4 is 4.90 Å². The fourth-order valence-electron chi connectivity index (χ4n) is 2.16. The van der Waals surface area contributed by atoms with E-state index >= 15 is 0 Å². The molecule has 0 atom stereocenters. The van der Waals surface area contributed by atoms with Gasteiger partial charge in [-0.3, -0.25) is 0 Å². The Hall–Kier alpha value is -1.33. The van der Waals surface area contributed by atoms with Gasteiger partial charge in [-0.05, 0) is 25.0 Å². The van der Waals surface area contributed by atoms with Gasteiger partial charge in [0.25, 0.3) is 0 Å². The summed E-state index contributed by atoms with van der Waals surface area (Å²) in [5.41, 5.74) is 0.147. The van der Waals surface area contributed by atoms with Crippen LogP contribution in [-0.2, 0) is 4.74 Å². The number of ether oxygens (including phenoxy) is 1. The number of rotatable bonds is 8. The van der Waals surface area contributed by atoms with Crippen LogP contribution in [0.1, 0.15) is 37.0 Å². The van der Waals surface area contributed by atoms with Crippen LogP contribution in [0.5, 0.6) is 0 Å². The van der Waals surface area contributed by atoms with E-state index < -0.39 is 5.97 Å². The summed E-state index contributed by atoms with van der Waals surface area (Å²) in [5, 5.41) is 9.30. The van der Waals surface area contributed by atoms with Gasteiger partial charge in [0.1, 0.15) is 11.0 Å². The average Bonchev–Trinajstić information content (AvgIpc) is 2.42. The lowest BCUT2D eigenvalue weighted by atomic mass is 10.1. The first kappa shape index (κ1) is 16.7. The van der Waals surface area contributed by atoms with Gasteiger partial charge in [-0.15, -0.1) is 0 Å². The van der Waals surface area contributed by atoms with Crippen molar-refractivity contribution in [3.63, 3.8) is 0 Å². The minimum absolute atomic E-state index is 0.147. The second-order valence-electron chi connectivity index (χ2n) is 4.50. The first-order chi connectivity index (χ1) is 9.53. The lowest BCUT2D eigenvalue weighted by Gasteiger charge is -2.31. The van der Waals surface area contributed by atoms with Crippen LogP contribution in [0.4, 0.5) is 5.82 Å². The van der Waals surface area contributed by atoms with E-state index in [1.165, 1.54) is 6.07 Å². The molecule has 20 heavy (non-hydrogen) atoms. The van der Waals surface area contributed by atoms with Crippen LogP contribution in [-0.4, -0.2) is 42.4 Å². The van der Waals surface area contributed by atoms with E-state index in [4.69, 9.17) is 21.4 Å². The Morgan fingerprint density at radius 1 is 1.45 bits per heavy atom. The second kappa shape index (κ2) is 8.07. The molecule has 0 amide bonds. The topological polar surface area (TPSA) is 62.7 Å². The van der Waals surface area contributed by atoms with Crippen molar-refractivity contribution in [2.45, 2.75) is 32.7 Å². The molecular formula is C14H21ClN2O3. The molecule has 0 bridgehead atoms. The highest BCUT2D eigenvalue weighted by Gasteiger charge is 2.19. The standard InChI is InChI=1S/C14H21ClN2O3/c1-4-11(5-2)17(6-7-20-3)13-9-10(14(18)19)8-12(15)16-13/h8-9,11H,4-7H2,1-3H3,(H,18,19). The summed E-state index contributed by atoms with van der Waals surface area (Å²) < 4.78 is 5.12. The molecule has 0 unspecified atom stereocenters. The third kappa shape index (κ3) is 4.35. The fourth-order valence-corrected chi connectivity index (χ4v) is 2.36. The molecule has 1 heterocycles. The molecule has 0 aliphatic heterocycles. The molecule has 0 aliphatic carbocycles. The molecule has 1 aromatic rings. The number of hydrogen-bond donors (Lipinski definition) is 1. The van der Waals surface area contributed by atoms with Gasteiger partial charge in [-0.1, -0.05) is 25.4 Å². The fraction of sp³-hybridized carbons (Fsp3) is 0.571. The molecule has 1 aromatic heterocycles. The van der Waals surface area contributed by atoms with Crippen molar-refractivity contribution >= 4 is 23.4 Å². The normalized spacial score (nSPS) is 10.8. The van der Waals surface area contributed by atoms with Crippen molar-refractivity contribution in [3.8, 4) is 0 Å². The Morgan fingerprint density at radius 3 is 2.60 bits per heavy atom. The number of aromatic carboxylic acids is 1. The Balaban J connectivity index is 3.14. The lowest BCUT2D eigenvalue weighted by Crippen LogP contribution is -2.37. The molecular weight excluding hydrogens is 280 g/mol. The monoisotopic (exact) mass is 300 g/mol. The predicted octanol–water partition coefficient (Wildman–Crippen LogP) is 3.07. The van der Waals surface area contributed by atoms with Crippen molar-refractivity contribution in [1.29, 1.82) is 0 Å². The van der Waals surface area contributed by atoms with E-state index in [0.717, 1.165) is 12.8 Å². The van der Waals surface area contributed by atoms with E-state index in [1.54, 1.807) is 13.2 Å². The lowest BCUT2D eigenvalue weighted by molar-refractivity contribution is 0.0696. The summed E-state index contributed by atoms with van der Waals surface area (Å²) in [6, 6.07) is 3.19. The first-order valence-corrected chi connectivity index (χ1v) is 7.07. The van der Waals surface area contributed by atoms with Gasteiger partial charge in [0.2, 0.25) is 0 Å². The van der Waals surface area contributed by atoms with Gasteiger partial charge in [-0.2, -0.15) is 0 Å².